The first kappa shape index (κ1) is 14.4. The number of imidazole rings is 1. The Hall–Kier alpha value is -1.55. The standard InChI is InChI=1S/C17H25N3O/c1-10-8-17(3,4)9-15(10)18-11(2)12-5-6-13-14(7-12)20-16(21)19-13/h5-7,10-11,15,18H,8-9H2,1-4H3,(H2,19,20,21). The maximum Gasteiger partial charge on any atom is 0.323 e. The van der Waals surface area contributed by atoms with E-state index in [9.17, 15) is 4.79 Å². The molecule has 2 aromatic rings. The molecule has 1 aliphatic rings. The minimum atomic E-state index is -0.145. The van der Waals surface area contributed by atoms with Gasteiger partial charge in [-0.25, -0.2) is 4.79 Å². The molecule has 3 atom stereocenters. The van der Waals surface area contributed by atoms with E-state index in [0.29, 0.717) is 17.4 Å². The lowest BCUT2D eigenvalue weighted by atomic mass is 9.91. The Balaban J connectivity index is 1.77. The second-order valence-electron chi connectivity index (χ2n) is 7.43. The van der Waals surface area contributed by atoms with Crippen LogP contribution in [-0.2, 0) is 0 Å². The summed E-state index contributed by atoms with van der Waals surface area (Å²) in [6.07, 6.45) is 2.50. The Morgan fingerprint density at radius 2 is 1.95 bits per heavy atom. The monoisotopic (exact) mass is 287 g/mol. The van der Waals surface area contributed by atoms with E-state index in [1.165, 1.54) is 18.4 Å². The molecule has 4 heteroatoms. The summed E-state index contributed by atoms with van der Waals surface area (Å²) in [5, 5.41) is 3.77. The van der Waals surface area contributed by atoms with Gasteiger partial charge in [0.25, 0.3) is 0 Å². The summed E-state index contributed by atoms with van der Waals surface area (Å²) < 4.78 is 0. The molecule has 0 amide bonds. The van der Waals surface area contributed by atoms with Crippen LogP contribution in [0.5, 0.6) is 0 Å². The van der Waals surface area contributed by atoms with Gasteiger partial charge in [0.1, 0.15) is 0 Å². The fourth-order valence-electron chi connectivity index (χ4n) is 3.85. The van der Waals surface area contributed by atoms with Gasteiger partial charge in [-0.2, -0.15) is 0 Å². The SMILES string of the molecule is CC(NC1CC(C)(C)CC1C)c1ccc2[nH]c(=O)[nH]c2c1. The predicted octanol–water partition coefficient (Wildman–Crippen LogP) is 3.33. The summed E-state index contributed by atoms with van der Waals surface area (Å²) in [5.74, 6) is 0.707. The minimum Gasteiger partial charge on any atom is -0.307 e. The van der Waals surface area contributed by atoms with E-state index < -0.39 is 0 Å². The smallest absolute Gasteiger partial charge is 0.307 e. The molecular formula is C17H25N3O. The predicted molar refractivity (Wildman–Crippen MR) is 86.4 cm³/mol. The highest BCUT2D eigenvalue weighted by Gasteiger charge is 2.37. The van der Waals surface area contributed by atoms with Crippen LogP contribution < -0.4 is 11.0 Å². The van der Waals surface area contributed by atoms with Crippen molar-refractivity contribution in [2.45, 2.75) is 52.6 Å². The summed E-state index contributed by atoms with van der Waals surface area (Å²) in [5.41, 5.74) is 3.26. The largest absolute Gasteiger partial charge is 0.323 e. The van der Waals surface area contributed by atoms with Gasteiger partial charge < -0.3 is 15.3 Å². The van der Waals surface area contributed by atoms with Crippen LogP contribution in [0.2, 0.25) is 0 Å². The number of hydrogen-bond acceptors (Lipinski definition) is 2. The van der Waals surface area contributed by atoms with Crippen molar-refractivity contribution in [3.63, 3.8) is 0 Å². The second kappa shape index (κ2) is 5.02. The molecule has 21 heavy (non-hydrogen) atoms. The summed E-state index contributed by atoms with van der Waals surface area (Å²) in [6.45, 7) is 9.24. The Morgan fingerprint density at radius 3 is 2.62 bits per heavy atom. The molecule has 3 N–H and O–H groups in total. The average Bonchev–Trinajstić information content (AvgIpc) is 2.86. The first-order valence-electron chi connectivity index (χ1n) is 7.82. The number of aromatic amines is 2. The van der Waals surface area contributed by atoms with Gasteiger partial charge in [-0.15, -0.1) is 0 Å². The van der Waals surface area contributed by atoms with Crippen molar-refractivity contribution in [3.05, 3.63) is 34.2 Å². The van der Waals surface area contributed by atoms with E-state index in [4.69, 9.17) is 0 Å². The Bertz CT molecular complexity index is 697. The van der Waals surface area contributed by atoms with Crippen molar-refractivity contribution in [3.8, 4) is 0 Å². The molecule has 1 heterocycles. The lowest BCUT2D eigenvalue weighted by Crippen LogP contribution is -2.33. The number of rotatable bonds is 3. The lowest BCUT2D eigenvalue weighted by Gasteiger charge is -2.24. The highest BCUT2D eigenvalue weighted by Crippen LogP contribution is 2.41. The van der Waals surface area contributed by atoms with Gasteiger partial charge in [-0.3, -0.25) is 0 Å². The zero-order valence-corrected chi connectivity index (χ0v) is 13.3. The lowest BCUT2D eigenvalue weighted by molar-refractivity contribution is 0.356. The van der Waals surface area contributed by atoms with Gasteiger partial charge >= 0.3 is 5.69 Å². The third kappa shape index (κ3) is 2.91. The zero-order chi connectivity index (χ0) is 15.2. The highest BCUT2D eigenvalue weighted by atomic mass is 16.1. The molecule has 114 valence electrons. The first-order valence-corrected chi connectivity index (χ1v) is 7.82. The molecule has 0 radical (unpaired) electrons. The maximum absolute atomic E-state index is 11.3. The van der Waals surface area contributed by atoms with Gasteiger partial charge in [-0.1, -0.05) is 26.8 Å². The molecule has 0 saturated heterocycles. The van der Waals surface area contributed by atoms with E-state index in [0.717, 1.165) is 11.0 Å². The Morgan fingerprint density at radius 1 is 1.24 bits per heavy atom. The minimum absolute atomic E-state index is 0.145. The fourth-order valence-corrected chi connectivity index (χ4v) is 3.85. The first-order chi connectivity index (χ1) is 9.84. The summed E-state index contributed by atoms with van der Waals surface area (Å²) in [4.78, 5) is 17.0. The van der Waals surface area contributed by atoms with Gasteiger partial charge in [0.2, 0.25) is 0 Å². The Labute approximate surface area is 125 Å². The summed E-state index contributed by atoms with van der Waals surface area (Å²) >= 11 is 0. The van der Waals surface area contributed by atoms with Crippen LogP contribution in [-0.4, -0.2) is 16.0 Å². The van der Waals surface area contributed by atoms with Crippen LogP contribution in [0.25, 0.3) is 11.0 Å². The molecule has 0 spiro atoms. The van der Waals surface area contributed by atoms with Crippen molar-refractivity contribution in [1.82, 2.24) is 15.3 Å². The topological polar surface area (TPSA) is 60.7 Å². The van der Waals surface area contributed by atoms with Gasteiger partial charge in [-0.05, 0) is 48.8 Å². The van der Waals surface area contributed by atoms with Crippen LogP contribution in [0.1, 0.15) is 52.1 Å². The summed E-state index contributed by atoms with van der Waals surface area (Å²) in [7, 11) is 0. The van der Waals surface area contributed by atoms with Crippen LogP contribution in [0.4, 0.5) is 0 Å². The van der Waals surface area contributed by atoms with E-state index in [1.807, 2.05) is 6.07 Å². The van der Waals surface area contributed by atoms with Crippen LogP contribution in [0.3, 0.4) is 0 Å². The number of nitrogens with one attached hydrogen (secondary N) is 3. The van der Waals surface area contributed by atoms with E-state index >= 15 is 0 Å². The van der Waals surface area contributed by atoms with Crippen molar-refractivity contribution >= 4 is 11.0 Å². The molecule has 1 aromatic carbocycles. The van der Waals surface area contributed by atoms with Crippen LogP contribution >= 0.6 is 0 Å². The molecule has 1 aliphatic carbocycles. The van der Waals surface area contributed by atoms with Gasteiger partial charge in [0.05, 0.1) is 11.0 Å². The summed E-state index contributed by atoms with van der Waals surface area (Å²) in [6, 6.07) is 6.98. The number of fused-ring (bicyclic) bond motifs is 1. The number of benzene rings is 1. The molecule has 0 aliphatic heterocycles. The number of hydrogen-bond donors (Lipinski definition) is 3. The third-order valence-corrected chi connectivity index (χ3v) is 4.84. The van der Waals surface area contributed by atoms with E-state index in [-0.39, 0.29) is 11.7 Å². The molecule has 1 saturated carbocycles. The van der Waals surface area contributed by atoms with Crippen molar-refractivity contribution < 1.29 is 0 Å². The third-order valence-electron chi connectivity index (χ3n) is 4.84. The number of aromatic nitrogens is 2. The molecule has 4 nitrogen and oxygen atoms in total. The van der Waals surface area contributed by atoms with E-state index in [2.05, 4.69) is 55.1 Å². The van der Waals surface area contributed by atoms with Crippen molar-refractivity contribution in [2.75, 3.05) is 0 Å². The molecule has 0 bridgehead atoms. The van der Waals surface area contributed by atoms with Crippen LogP contribution in [0, 0.1) is 11.3 Å². The molecular weight excluding hydrogens is 262 g/mol. The highest BCUT2D eigenvalue weighted by molar-refractivity contribution is 5.75. The zero-order valence-electron chi connectivity index (χ0n) is 13.3. The van der Waals surface area contributed by atoms with Gasteiger partial charge in [0.15, 0.2) is 0 Å². The molecule has 3 unspecified atom stereocenters. The van der Waals surface area contributed by atoms with Crippen LogP contribution in [0.15, 0.2) is 23.0 Å². The molecule has 1 aromatic heterocycles. The average molecular weight is 287 g/mol. The fraction of sp³-hybridized carbons (Fsp3) is 0.588. The second-order valence-corrected chi connectivity index (χ2v) is 7.43. The van der Waals surface area contributed by atoms with Crippen molar-refractivity contribution in [2.24, 2.45) is 11.3 Å². The molecule has 1 fully saturated rings. The van der Waals surface area contributed by atoms with Crippen molar-refractivity contribution in [1.29, 1.82) is 0 Å². The molecule has 3 rings (SSSR count). The number of H-pyrrole nitrogens is 2. The maximum atomic E-state index is 11.3. The Kier molecular flexibility index (Phi) is 3.44. The quantitative estimate of drug-likeness (QED) is 0.811. The normalized spacial score (nSPS) is 26.3. The van der Waals surface area contributed by atoms with E-state index in [1.54, 1.807) is 0 Å². The van der Waals surface area contributed by atoms with Gasteiger partial charge in [0, 0.05) is 12.1 Å².